The van der Waals surface area contributed by atoms with Gasteiger partial charge < -0.3 is 15.6 Å². The number of nitrogens with one attached hydrogen (secondary N) is 3. The van der Waals surface area contributed by atoms with Gasteiger partial charge in [0.2, 0.25) is 5.91 Å². The van der Waals surface area contributed by atoms with E-state index in [1.165, 1.54) is 0 Å². The monoisotopic (exact) mass is 476 g/mol. The summed E-state index contributed by atoms with van der Waals surface area (Å²) in [5.41, 5.74) is 4.68. The van der Waals surface area contributed by atoms with Crippen LogP contribution in [0.15, 0.2) is 89.7 Å². The van der Waals surface area contributed by atoms with E-state index in [1.54, 1.807) is 6.07 Å². The minimum absolute atomic E-state index is 0.137. The highest BCUT2D eigenvalue weighted by molar-refractivity contribution is 5.91. The molecular weight excluding hydrogens is 452 g/mol. The number of aromatic amines is 1. The molecule has 2 aromatic heterocycles. The molecule has 0 aliphatic rings. The lowest BCUT2D eigenvalue weighted by Crippen LogP contribution is -2.19. The first-order valence-electron chi connectivity index (χ1n) is 11.6. The van der Waals surface area contributed by atoms with Crippen molar-refractivity contribution in [3.8, 4) is 11.3 Å². The van der Waals surface area contributed by atoms with Crippen molar-refractivity contribution in [3.63, 3.8) is 0 Å². The van der Waals surface area contributed by atoms with E-state index in [0.717, 1.165) is 16.9 Å². The highest BCUT2D eigenvalue weighted by Crippen LogP contribution is 2.23. The number of H-pyrrole nitrogens is 1. The molecule has 3 aromatic carbocycles. The minimum Gasteiger partial charge on any atom is -0.340 e. The summed E-state index contributed by atoms with van der Waals surface area (Å²) in [7, 11) is 0. The summed E-state index contributed by atoms with van der Waals surface area (Å²) in [6.45, 7) is 1.85. The second kappa shape index (κ2) is 10.2. The second-order valence-corrected chi connectivity index (χ2v) is 8.34. The number of amides is 1. The number of carbonyl (C=O) groups is 1. The Bertz CT molecular complexity index is 1600. The van der Waals surface area contributed by atoms with Gasteiger partial charge in [-0.2, -0.15) is 0 Å². The number of para-hydroxylation sites is 2. The summed E-state index contributed by atoms with van der Waals surface area (Å²) >= 11 is 0. The van der Waals surface area contributed by atoms with Crippen molar-refractivity contribution in [3.05, 3.63) is 107 Å². The van der Waals surface area contributed by atoms with Crippen molar-refractivity contribution in [2.45, 2.75) is 19.8 Å². The van der Waals surface area contributed by atoms with Gasteiger partial charge in [-0.1, -0.05) is 48.5 Å². The lowest BCUT2D eigenvalue weighted by molar-refractivity contribution is -0.116. The van der Waals surface area contributed by atoms with Crippen LogP contribution in [0.4, 0.5) is 17.2 Å². The highest BCUT2D eigenvalue weighted by atomic mass is 16.1. The quantitative estimate of drug-likeness (QED) is 0.305. The van der Waals surface area contributed by atoms with Gasteiger partial charge in [0, 0.05) is 35.8 Å². The van der Waals surface area contributed by atoms with Crippen LogP contribution in [0.25, 0.3) is 22.3 Å². The zero-order chi connectivity index (χ0) is 24.9. The first-order valence-corrected chi connectivity index (χ1v) is 11.6. The third kappa shape index (κ3) is 5.44. The molecule has 0 radical (unpaired) electrons. The third-order valence-corrected chi connectivity index (χ3v) is 5.58. The molecule has 1 amide bonds. The maximum Gasteiger partial charge on any atom is 0.270 e. The van der Waals surface area contributed by atoms with E-state index >= 15 is 0 Å². The second-order valence-electron chi connectivity index (χ2n) is 8.34. The van der Waals surface area contributed by atoms with E-state index in [0.29, 0.717) is 34.1 Å². The third-order valence-electron chi connectivity index (χ3n) is 5.58. The summed E-state index contributed by atoms with van der Waals surface area (Å²) in [4.78, 5) is 41.1. The number of rotatable bonds is 7. The molecule has 0 saturated heterocycles. The Morgan fingerprint density at radius 2 is 1.64 bits per heavy atom. The fourth-order valence-electron chi connectivity index (χ4n) is 3.90. The highest BCUT2D eigenvalue weighted by Gasteiger charge is 2.10. The van der Waals surface area contributed by atoms with Crippen LogP contribution in [0.5, 0.6) is 0 Å². The summed E-state index contributed by atoms with van der Waals surface area (Å²) in [5.74, 6) is 1.11. The molecule has 0 spiro atoms. The Kier molecular flexibility index (Phi) is 6.48. The molecule has 3 N–H and O–H groups in total. The lowest BCUT2D eigenvalue weighted by atomic mass is 10.1. The number of aromatic nitrogens is 4. The predicted octanol–water partition coefficient (Wildman–Crippen LogP) is 5.00. The van der Waals surface area contributed by atoms with Gasteiger partial charge in [0.05, 0.1) is 16.7 Å². The van der Waals surface area contributed by atoms with Crippen LogP contribution in [0.2, 0.25) is 0 Å². The summed E-state index contributed by atoms with van der Waals surface area (Å²) in [5, 5.41) is 6.18. The maximum atomic E-state index is 12.6. The van der Waals surface area contributed by atoms with Gasteiger partial charge in [-0.15, -0.1) is 0 Å². The molecule has 178 valence electrons. The molecule has 2 heterocycles. The van der Waals surface area contributed by atoms with Gasteiger partial charge in [-0.25, -0.2) is 15.0 Å². The number of benzene rings is 3. The lowest BCUT2D eigenvalue weighted by Gasteiger charge is -2.11. The maximum absolute atomic E-state index is 12.6. The Balaban J connectivity index is 1.25. The zero-order valence-electron chi connectivity index (χ0n) is 19.7. The molecule has 5 aromatic rings. The van der Waals surface area contributed by atoms with Crippen LogP contribution in [0, 0.1) is 6.92 Å². The van der Waals surface area contributed by atoms with Gasteiger partial charge in [-0.3, -0.25) is 9.59 Å². The van der Waals surface area contributed by atoms with E-state index in [-0.39, 0.29) is 24.3 Å². The van der Waals surface area contributed by atoms with Crippen LogP contribution >= 0.6 is 0 Å². The summed E-state index contributed by atoms with van der Waals surface area (Å²) in [6, 6.07) is 26.5. The molecule has 36 heavy (non-hydrogen) atoms. The molecule has 0 saturated carbocycles. The van der Waals surface area contributed by atoms with Crippen LogP contribution in [0.3, 0.4) is 0 Å². The smallest absolute Gasteiger partial charge is 0.270 e. The minimum atomic E-state index is -0.275. The van der Waals surface area contributed by atoms with Gasteiger partial charge in [0.15, 0.2) is 0 Å². The van der Waals surface area contributed by atoms with Crippen molar-refractivity contribution >= 4 is 34.1 Å². The van der Waals surface area contributed by atoms with E-state index in [9.17, 15) is 9.59 Å². The molecule has 8 nitrogen and oxygen atoms in total. The van der Waals surface area contributed by atoms with E-state index < -0.39 is 0 Å². The standard InChI is InChI=1S/C28H24N6O2/c1-18-29-25(19-8-3-2-4-9-19)17-26(30-18)31-20-10-7-11-21(16-20)32-27(35)15-14-24-28(36)34-23-13-6-5-12-22(23)33-24/h2-13,16-17H,14-15H2,1H3,(H,32,35)(H,34,36)(H,29,30,31). The molecule has 8 heteroatoms. The number of hydrogen-bond donors (Lipinski definition) is 3. The van der Waals surface area contributed by atoms with Crippen molar-refractivity contribution in [2.75, 3.05) is 10.6 Å². The van der Waals surface area contributed by atoms with E-state index in [1.807, 2.05) is 85.8 Å². The van der Waals surface area contributed by atoms with Gasteiger partial charge in [0.25, 0.3) is 5.56 Å². The molecule has 0 aliphatic carbocycles. The number of nitrogens with zero attached hydrogens (tertiary/aromatic N) is 3. The molecule has 5 rings (SSSR count). The molecule has 0 aliphatic heterocycles. The Morgan fingerprint density at radius 3 is 2.50 bits per heavy atom. The fourth-order valence-corrected chi connectivity index (χ4v) is 3.90. The van der Waals surface area contributed by atoms with Crippen molar-refractivity contribution in [1.82, 2.24) is 19.9 Å². The average molecular weight is 477 g/mol. The van der Waals surface area contributed by atoms with E-state index in [2.05, 4.69) is 30.6 Å². The first kappa shape index (κ1) is 22.9. The van der Waals surface area contributed by atoms with Gasteiger partial charge in [0.1, 0.15) is 17.3 Å². The molecule has 0 bridgehead atoms. The van der Waals surface area contributed by atoms with Crippen LogP contribution in [-0.2, 0) is 11.2 Å². The topological polar surface area (TPSA) is 113 Å². The van der Waals surface area contributed by atoms with Crippen LogP contribution < -0.4 is 16.2 Å². The Morgan fingerprint density at radius 1 is 0.861 bits per heavy atom. The van der Waals surface area contributed by atoms with Gasteiger partial charge >= 0.3 is 0 Å². The molecule has 0 unspecified atom stereocenters. The number of fused-ring (bicyclic) bond motifs is 1. The fraction of sp³-hybridized carbons (Fsp3) is 0.107. The normalized spacial score (nSPS) is 10.8. The molecule has 0 atom stereocenters. The molecular formula is C28H24N6O2. The number of aryl methyl sites for hydroxylation is 2. The zero-order valence-corrected chi connectivity index (χ0v) is 19.7. The summed E-state index contributed by atoms with van der Waals surface area (Å²) in [6.07, 6.45) is 0.379. The molecule has 0 fully saturated rings. The number of hydrogen-bond acceptors (Lipinski definition) is 6. The number of carbonyl (C=O) groups excluding carboxylic acids is 1. The van der Waals surface area contributed by atoms with Crippen molar-refractivity contribution in [2.24, 2.45) is 0 Å². The average Bonchev–Trinajstić information content (AvgIpc) is 2.88. The predicted molar refractivity (Wildman–Crippen MR) is 141 cm³/mol. The summed E-state index contributed by atoms with van der Waals surface area (Å²) < 4.78 is 0. The number of anilines is 3. The van der Waals surface area contributed by atoms with E-state index in [4.69, 9.17) is 0 Å². The SMILES string of the molecule is Cc1nc(Nc2cccc(NC(=O)CCc3nc4ccccc4[nH]c3=O)c2)cc(-c2ccccc2)n1. The van der Waals surface area contributed by atoms with Crippen molar-refractivity contribution < 1.29 is 4.79 Å². The van der Waals surface area contributed by atoms with Gasteiger partial charge in [-0.05, 0) is 37.3 Å². The Hall–Kier alpha value is -4.85. The van der Waals surface area contributed by atoms with Crippen LogP contribution in [0.1, 0.15) is 17.9 Å². The Labute approximate surface area is 207 Å². The van der Waals surface area contributed by atoms with Crippen molar-refractivity contribution in [1.29, 1.82) is 0 Å². The van der Waals surface area contributed by atoms with Crippen LogP contribution in [-0.4, -0.2) is 25.8 Å². The first-order chi connectivity index (χ1) is 17.5. The largest absolute Gasteiger partial charge is 0.340 e.